The predicted octanol–water partition coefficient (Wildman–Crippen LogP) is 4.97. The second-order valence-electron chi connectivity index (χ2n) is 6.27. The van der Waals surface area contributed by atoms with Gasteiger partial charge in [0.1, 0.15) is 5.75 Å². The van der Waals surface area contributed by atoms with Crippen molar-refractivity contribution in [1.29, 1.82) is 0 Å². The summed E-state index contributed by atoms with van der Waals surface area (Å²) in [6, 6.07) is 9.66. The lowest BCUT2D eigenvalue weighted by Gasteiger charge is -2.17. The maximum Gasteiger partial charge on any atom is 0.419 e. The van der Waals surface area contributed by atoms with Gasteiger partial charge in [0.15, 0.2) is 11.6 Å². The molecule has 0 aliphatic rings. The van der Waals surface area contributed by atoms with Crippen molar-refractivity contribution >= 4 is 10.0 Å². The maximum absolute atomic E-state index is 14.0. The quantitative estimate of drug-likeness (QED) is 0.579. The molecule has 0 heterocycles. The highest BCUT2D eigenvalue weighted by molar-refractivity contribution is 7.89. The van der Waals surface area contributed by atoms with Crippen LogP contribution in [0.5, 0.6) is 5.75 Å². The van der Waals surface area contributed by atoms with Crippen molar-refractivity contribution in [2.75, 3.05) is 7.11 Å². The Labute approximate surface area is 168 Å². The molecule has 0 aliphatic carbocycles. The summed E-state index contributed by atoms with van der Waals surface area (Å²) in [5.74, 6) is -3.07. The van der Waals surface area contributed by atoms with E-state index in [1.54, 1.807) is 0 Å². The van der Waals surface area contributed by atoms with E-state index in [-0.39, 0.29) is 27.1 Å². The number of nitrogens with two attached hydrogens (primary N) is 1. The van der Waals surface area contributed by atoms with Crippen LogP contribution in [0.15, 0.2) is 59.5 Å². The molecule has 0 unspecified atom stereocenters. The molecule has 0 fully saturated rings. The number of methoxy groups -OCH3 is 1. The Morgan fingerprint density at radius 2 is 1.47 bits per heavy atom. The average Bonchev–Trinajstić information content (AvgIpc) is 2.68. The lowest BCUT2D eigenvalue weighted by molar-refractivity contribution is -0.138. The molecule has 10 heteroatoms. The van der Waals surface area contributed by atoms with E-state index in [1.807, 2.05) is 0 Å². The minimum Gasteiger partial charge on any atom is -0.496 e. The van der Waals surface area contributed by atoms with Gasteiger partial charge in [-0.3, -0.25) is 0 Å². The Hall–Kier alpha value is -2.98. The lowest BCUT2D eigenvalue weighted by atomic mass is 9.93. The van der Waals surface area contributed by atoms with Gasteiger partial charge < -0.3 is 4.74 Å². The summed E-state index contributed by atoms with van der Waals surface area (Å²) in [6.45, 7) is 0. The molecule has 3 rings (SSSR count). The van der Waals surface area contributed by atoms with Gasteiger partial charge in [0.2, 0.25) is 10.0 Å². The van der Waals surface area contributed by atoms with E-state index in [0.717, 1.165) is 19.2 Å². The van der Waals surface area contributed by atoms with Gasteiger partial charge in [-0.05, 0) is 47.0 Å². The molecule has 0 saturated carbocycles. The number of rotatable bonds is 4. The molecular formula is C20H14F5NO3S. The molecule has 0 aliphatic heterocycles. The van der Waals surface area contributed by atoms with E-state index in [2.05, 4.69) is 0 Å². The predicted molar refractivity (Wildman–Crippen MR) is 100 cm³/mol. The van der Waals surface area contributed by atoms with Gasteiger partial charge >= 0.3 is 6.18 Å². The van der Waals surface area contributed by atoms with Crippen LogP contribution in [0.25, 0.3) is 22.3 Å². The second-order valence-corrected chi connectivity index (χ2v) is 7.80. The lowest BCUT2D eigenvalue weighted by Crippen LogP contribution is -2.13. The number of primary sulfonamides is 1. The van der Waals surface area contributed by atoms with Gasteiger partial charge in [0.25, 0.3) is 0 Å². The number of alkyl halides is 3. The van der Waals surface area contributed by atoms with Crippen LogP contribution < -0.4 is 9.88 Å². The highest BCUT2D eigenvalue weighted by Crippen LogP contribution is 2.42. The molecule has 158 valence electrons. The fourth-order valence-corrected chi connectivity index (χ4v) is 3.80. The van der Waals surface area contributed by atoms with E-state index in [0.29, 0.717) is 18.2 Å². The normalized spacial score (nSPS) is 12.1. The minimum absolute atomic E-state index is 0.0849. The summed E-state index contributed by atoms with van der Waals surface area (Å²) in [4.78, 5) is -0.387. The highest BCUT2D eigenvalue weighted by atomic mass is 32.2. The van der Waals surface area contributed by atoms with Gasteiger partial charge in [-0.2, -0.15) is 13.2 Å². The summed E-state index contributed by atoms with van der Waals surface area (Å²) >= 11 is 0. The smallest absolute Gasteiger partial charge is 0.419 e. The van der Waals surface area contributed by atoms with Crippen LogP contribution in [0.4, 0.5) is 22.0 Å². The zero-order valence-corrected chi connectivity index (χ0v) is 16.1. The molecule has 30 heavy (non-hydrogen) atoms. The van der Waals surface area contributed by atoms with Crippen LogP contribution in [-0.4, -0.2) is 15.5 Å². The zero-order valence-electron chi connectivity index (χ0n) is 15.3. The van der Waals surface area contributed by atoms with Crippen LogP contribution in [0.1, 0.15) is 5.56 Å². The molecule has 4 nitrogen and oxygen atoms in total. The SMILES string of the molecule is COc1ccc(-c2cc(F)c(F)cc2-c2ccccc2S(N)(=O)=O)cc1C(F)(F)F. The van der Waals surface area contributed by atoms with Gasteiger partial charge in [-0.15, -0.1) is 0 Å². The first-order chi connectivity index (χ1) is 13.9. The van der Waals surface area contributed by atoms with E-state index in [1.165, 1.54) is 24.3 Å². The number of sulfonamides is 1. The van der Waals surface area contributed by atoms with Crippen molar-refractivity contribution in [3.05, 3.63) is 71.8 Å². The molecule has 0 bridgehead atoms. The summed E-state index contributed by atoms with van der Waals surface area (Å²) in [6.07, 6.45) is -4.78. The van der Waals surface area contributed by atoms with Crippen LogP contribution in [-0.2, 0) is 16.2 Å². The third-order valence-corrected chi connectivity index (χ3v) is 5.33. The Kier molecular flexibility index (Phi) is 5.57. The van der Waals surface area contributed by atoms with Crippen molar-refractivity contribution in [1.82, 2.24) is 0 Å². The molecule has 0 aromatic heterocycles. The van der Waals surface area contributed by atoms with Crippen molar-refractivity contribution in [2.24, 2.45) is 5.14 Å². The molecule has 0 radical (unpaired) electrons. The van der Waals surface area contributed by atoms with Gasteiger partial charge in [-0.25, -0.2) is 22.3 Å². The topological polar surface area (TPSA) is 69.4 Å². The number of hydrogen-bond donors (Lipinski definition) is 1. The van der Waals surface area contributed by atoms with Gasteiger partial charge in [0, 0.05) is 5.56 Å². The van der Waals surface area contributed by atoms with Crippen LogP contribution in [0.2, 0.25) is 0 Å². The third-order valence-electron chi connectivity index (χ3n) is 4.36. The first kappa shape index (κ1) is 21.7. The first-order valence-electron chi connectivity index (χ1n) is 8.30. The molecule has 0 saturated heterocycles. The zero-order chi connectivity index (χ0) is 22.3. The fraction of sp³-hybridized carbons (Fsp3) is 0.100. The fourth-order valence-electron chi connectivity index (χ4n) is 3.04. The van der Waals surface area contributed by atoms with E-state index < -0.39 is 39.1 Å². The molecule has 3 aromatic carbocycles. The summed E-state index contributed by atoms with van der Waals surface area (Å²) in [5.41, 5.74) is -1.63. The minimum atomic E-state index is -4.78. The molecule has 3 aromatic rings. The standard InChI is InChI=1S/C20H14F5NO3S/c1-29-18-7-6-11(8-15(18)20(23,24)25)13-9-16(21)17(22)10-14(13)12-4-2-3-5-19(12)30(26,27)28/h2-10H,1H3,(H2,26,27,28). The van der Waals surface area contributed by atoms with Crippen LogP contribution in [0.3, 0.4) is 0 Å². The number of ether oxygens (including phenoxy) is 1. The molecular weight excluding hydrogens is 429 g/mol. The van der Waals surface area contributed by atoms with E-state index >= 15 is 0 Å². The van der Waals surface area contributed by atoms with Crippen molar-refractivity contribution in [3.63, 3.8) is 0 Å². The Balaban J connectivity index is 2.36. The van der Waals surface area contributed by atoms with Gasteiger partial charge in [0.05, 0.1) is 17.6 Å². The second kappa shape index (κ2) is 7.69. The Morgan fingerprint density at radius 3 is 2.03 bits per heavy atom. The summed E-state index contributed by atoms with van der Waals surface area (Å²) in [5, 5.41) is 5.21. The Morgan fingerprint density at radius 1 is 0.867 bits per heavy atom. The molecule has 0 spiro atoms. The largest absolute Gasteiger partial charge is 0.496 e. The molecule has 2 N–H and O–H groups in total. The van der Waals surface area contributed by atoms with E-state index in [4.69, 9.17) is 9.88 Å². The summed E-state index contributed by atoms with van der Waals surface area (Å²) < 4.78 is 96.9. The van der Waals surface area contributed by atoms with Crippen molar-refractivity contribution in [2.45, 2.75) is 11.1 Å². The van der Waals surface area contributed by atoms with Crippen molar-refractivity contribution < 1.29 is 35.1 Å². The molecule has 0 amide bonds. The van der Waals surface area contributed by atoms with Crippen LogP contribution in [0, 0.1) is 11.6 Å². The van der Waals surface area contributed by atoms with E-state index in [9.17, 15) is 30.4 Å². The van der Waals surface area contributed by atoms with Crippen LogP contribution >= 0.6 is 0 Å². The third kappa shape index (κ3) is 4.14. The van der Waals surface area contributed by atoms with Gasteiger partial charge in [-0.1, -0.05) is 24.3 Å². The first-order valence-corrected chi connectivity index (χ1v) is 9.85. The monoisotopic (exact) mass is 443 g/mol. The number of benzene rings is 3. The Bertz CT molecular complexity index is 1220. The summed E-state index contributed by atoms with van der Waals surface area (Å²) in [7, 11) is -3.20. The molecule has 0 atom stereocenters. The average molecular weight is 443 g/mol. The number of halogens is 5. The van der Waals surface area contributed by atoms with Crippen molar-refractivity contribution in [3.8, 4) is 28.0 Å². The highest BCUT2D eigenvalue weighted by Gasteiger charge is 2.35. The maximum atomic E-state index is 14.0. The number of hydrogen-bond acceptors (Lipinski definition) is 3.